The van der Waals surface area contributed by atoms with E-state index in [0.717, 1.165) is 11.3 Å². The standard InChI is InChI=1S/C16H24O3/c1-15(2,3)14(17)18-11-12-7-9-13(10-8-12)19-16(4,5)6/h7-10H,11H2,1-6H3. The molecule has 0 aliphatic heterocycles. The van der Waals surface area contributed by atoms with Gasteiger partial charge in [0.05, 0.1) is 5.41 Å². The molecule has 3 nitrogen and oxygen atoms in total. The van der Waals surface area contributed by atoms with Gasteiger partial charge in [-0.05, 0) is 59.2 Å². The molecule has 0 spiro atoms. The number of benzene rings is 1. The van der Waals surface area contributed by atoms with Crippen molar-refractivity contribution < 1.29 is 14.3 Å². The van der Waals surface area contributed by atoms with E-state index in [4.69, 9.17) is 9.47 Å². The molecule has 0 saturated heterocycles. The highest BCUT2D eigenvalue weighted by atomic mass is 16.5. The van der Waals surface area contributed by atoms with Crippen LogP contribution in [0.15, 0.2) is 24.3 Å². The predicted octanol–water partition coefficient (Wildman–Crippen LogP) is 3.95. The second kappa shape index (κ2) is 5.64. The zero-order chi connectivity index (χ0) is 14.7. The van der Waals surface area contributed by atoms with E-state index < -0.39 is 5.41 Å². The van der Waals surface area contributed by atoms with E-state index >= 15 is 0 Å². The molecule has 0 bridgehead atoms. The lowest BCUT2D eigenvalue weighted by Crippen LogP contribution is -2.23. The van der Waals surface area contributed by atoms with Gasteiger partial charge in [0.15, 0.2) is 0 Å². The third-order valence-electron chi connectivity index (χ3n) is 2.33. The molecule has 3 heteroatoms. The Morgan fingerprint density at radius 3 is 1.95 bits per heavy atom. The summed E-state index contributed by atoms with van der Waals surface area (Å²) in [6.45, 7) is 11.8. The van der Waals surface area contributed by atoms with Crippen LogP contribution >= 0.6 is 0 Å². The average molecular weight is 264 g/mol. The van der Waals surface area contributed by atoms with E-state index in [0.29, 0.717) is 6.61 Å². The van der Waals surface area contributed by atoms with Crippen LogP contribution < -0.4 is 4.74 Å². The van der Waals surface area contributed by atoms with Crippen molar-refractivity contribution in [1.82, 2.24) is 0 Å². The number of carbonyl (C=O) groups excluding carboxylic acids is 1. The lowest BCUT2D eigenvalue weighted by atomic mass is 9.97. The molecule has 0 N–H and O–H groups in total. The molecule has 1 rings (SSSR count). The van der Waals surface area contributed by atoms with Gasteiger partial charge in [-0.15, -0.1) is 0 Å². The first-order chi connectivity index (χ1) is 8.58. The van der Waals surface area contributed by atoms with Crippen molar-refractivity contribution in [3.05, 3.63) is 29.8 Å². The molecule has 0 aliphatic carbocycles. The maximum Gasteiger partial charge on any atom is 0.311 e. The van der Waals surface area contributed by atoms with E-state index in [2.05, 4.69) is 0 Å². The summed E-state index contributed by atoms with van der Waals surface area (Å²) >= 11 is 0. The van der Waals surface area contributed by atoms with Gasteiger partial charge in [0.1, 0.15) is 18.0 Å². The third kappa shape index (κ3) is 5.77. The fourth-order valence-electron chi connectivity index (χ4n) is 1.37. The molecular weight excluding hydrogens is 240 g/mol. The summed E-state index contributed by atoms with van der Waals surface area (Å²) < 4.78 is 11.0. The highest BCUT2D eigenvalue weighted by Crippen LogP contribution is 2.20. The molecule has 0 unspecified atom stereocenters. The van der Waals surface area contributed by atoms with E-state index in [1.54, 1.807) is 0 Å². The molecule has 1 aromatic rings. The van der Waals surface area contributed by atoms with Crippen LogP contribution in [0.1, 0.15) is 47.1 Å². The number of ether oxygens (including phenoxy) is 2. The van der Waals surface area contributed by atoms with Crippen LogP contribution in [0.5, 0.6) is 5.75 Å². The Hall–Kier alpha value is -1.51. The Morgan fingerprint density at radius 2 is 1.53 bits per heavy atom. The minimum atomic E-state index is -0.463. The Labute approximate surface area is 115 Å². The Balaban J connectivity index is 2.56. The lowest BCUT2D eigenvalue weighted by molar-refractivity contribution is -0.154. The maximum atomic E-state index is 11.6. The molecule has 0 heterocycles. The normalized spacial score (nSPS) is 12.1. The van der Waals surface area contributed by atoms with Crippen molar-refractivity contribution >= 4 is 5.97 Å². The third-order valence-corrected chi connectivity index (χ3v) is 2.33. The van der Waals surface area contributed by atoms with Crippen molar-refractivity contribution in [2.75, 3.05) is 0 Å². The van der Waals surface area contributed by atoms with Crippen LogP contribution in [0, 0.1) is 5.41 Å². The number of rotatable bonds is 3. The minimum absolute atomic E-state index is 0.192. The van der Waals surface area contributed by atoms with Gasteiger partial charge in [0.25, 0.3) is 0 Å². The van der Waals surface area contributed by atoms with Crippen LogP contribution in [0.2, 0.25) is 0 Å². The topological polar surface area (TPSA) is 35.5 Å². The molecule has 0 radical (unpaired) electrons. The largest absolute Gasteiger partial charge is 0.488 e. The van der Waals surface area contributed by atoms with Crippen LogP contribution in [0.4, 0.5) is 0 Å². The zero-order valence-electron chi connectivity index (χ0n) is 12.7. The lowest BCUT2D eigenvalue weighted by Gasteiger charge is -2.21. The first-order valence-electron chi connectivity index (χ1n) is 6.53. The molecule has 0 aromatic heterocycles. The molecule has 0 aliphatic rings. The second-order valence-corrected chi connectivity index (χ2v) is 6.68. The van der Waals surface area contributed by atoms with Crippen LogP contribution in [-0.2, 0) is 16.1 Å². The fourth-order valence-corrected chi connectivity index (χ4v) is 1.37. The number of carbonyl (C=O) groups is 1. The molecule has 0 saturated carbocycles. The van der Waals surface area contributed by atoms with E-state index in [1.165, 1.54) is 0 Å². The van der Waals surface area contributed by atoms with Gasteiger partial charge in [-0.3, -0.25) is 4.79 Å². The first-order valence-corrected chi connectivity index (χ1v) is 6.53. The molecule has 1 aromatic carbocycles. The second-order valence-electron chi connectivity index (χ2n) is 6.68. The fraction of sp³-hybridized carbons (Fsp3) is 0.562. The Bertz CT molecular complexity index is 419. The molecule has 0 fully saturated rings. The molecule has 106 valence electrons. The number of hydrogen-bond acceptors (Lipinski definition) is 3. The SMILES string of the molecule is CC(C)(C)Oc1ccc(COC(=O)C(C)(C)C)cc1. The van der Waals surface area contributed by atoms with Crippen molar-refractivity contribution in [2.45, 2.75) is 53.8 Å². The average Bonchev–Trinajstić information content (AvgIpc) is 2.24. The number of esters is 1. The zero-order valence-corrected chi connectivity index (χ0v) is 12.7. The van der Waals surface area contributed by atoms with Gasteiger partial charge < -0.3 is 9.47 Å². The van der Waals surface area contributed by atoms with E-state index in [1.807, 2.05) is 65.8 Å². The molecular formula is C16H24O3. The van der Waals surface area contributed by atoms with Crippen LogP contribution in [0.3, 0.4) is 0 Å². The summed E-state index contributed by atoms with van der Waals surface area (Å²) in [5, 5.41) is 0. The van der Waals surface area contributed by atoms with Gasteiger partial charge in [0.2, 0.25) is 0 Å². The van der Waals surface area contributed by atoms with Crippen molar-refractivity contribution in [3.8, 4) is 5.75 Å². The van der Waals surface area contributed by atoms with Crippen molar-refractivity contribution in [3.63, 3.8) is 0 Å². The van der Waals surface area contributed by atoms with Crippen molar-refractivity contribution in [1.29, 1.82) is 0 Å². The first kappa shape index (κ1) is 15.5. The van der Waals surface area contributed by atoms with Gasteiger partial charge >= 0.3 is 5.97 Å². The van der Waals surface area contributed by atoms with Gasteiger partial charge in [-0.2, -0.15) is 0 Å². The van der Waals surface area contributed by atoms with Crippen molar-refractivity contribution in [2.24, 2.45) is 5.41 Å². The Kier molecular flexibility index (Phi) is 4.61. The highest BCUT2D eigenvalue weighted by molar-refractivity contribution is 5.75. The maximum absolute atomic E-state index is 11.6. The molecule has 19 heavy (non-hydrogen) atoms. The van der Waals surface area contributed by atoms with E-state index in [9.17, 15) is 4.79 Å². The monoisotopic (exact) mass is 264 g/mol. The smallest absolute Gasteiger partial charge is 0.311 e. The quantitative estimate of drug-likeness (QED) is 0.775. The summed E-state index contributed by atoms with van der Waals surface area (Å²) in [6.07, 6.45) is 0. The van der Waals surface area contributed by atoms with Gasteiger partial charge in [-0.25, -0.2) is 0 Å². The summed E-state index contributed by atoms with van der Waals surface area (Å²) in [5.41, 5.74) is 0.286. The van der Waals surface area contributed by atoms with Gasteiger partial charge in [0, 0.05) is 0 Å². The molecule has 0 amide bonds. The Morgan fingerprint density at radius 1 is 1.00 bits per heavy atom. The summed E-state index contributed by atoms with van der Waals surface area (Å²) in [6, 6.07) is 7.62. The minimum Gasteiger partial charge on any atom is -0.488 e. The van der Waals surface area contributed by atoms with Crippen LogP contribution in [-0.4, -0.2) is 11.6 Å². The summed E-state index contributed by atoms with van der Waals surface area (Å²) in [5.74, 6) is 0.626. The summed E-state index contributed by atoms with van der Waals surface area (Å²) in [4.78, 5) is 11.6. The van der Waals surface area contributed by atoms with Crippen LogP contribution in [0.25, 0.3) is 0 Å². The van der Waals surface area contributed by atoms with Gasteiger partial charge in [-0.1, -0.05) is 12.1 Å². The van der Waals surface area contributed by atoms with E-state index in [-0.39, 0.29) is 11.6 Å². The molecule has 0 atom stereocenters. The number of hydrogen-bond donors (Lipinski definition) is 0. The summed E-state index contributed by atoms with van der Waals surface area (Å²) in [7, 11) is 0. The highest BCUT2D eigenvalue weighted by Gasteiger charge is 2.22. The predicted molar refractivity (Wildman–Crippen MR) is 76.1 cm³/mol.